The molecular formula is C27H38F2N4O2. The van der Waals surface area contributed by atoms with E-state index in [0.717, 1.165) is 37.7 Å². The quantitative estimate of drug-likeness (QED) is 0.454. The lowest BCUT2D eigenvalue weighted by Gasteiger charge is -2.43. The molecule has 35 heavy (non-hydrogen) atoms. The predicted octanol–water partition coefficient (Wildman–Crippen LogP) is 3.11. The number of hydrazine groups is 1. The molecule has 3 unspecified atom stereocenters. The van der Waals surface area contributed by atoms with Gasteiger partial charge in [-0.25, -0.2) is 18.8 Å². The third-order valence-electron chi connectivity index (χ3n) is 6.23. The summed E-state index contributed by atoms with van der Waals surface area (Å²) in [4.78, 5) is 11.9. The van der Waals surface area contributed by atoms with Gasteiger partial charge in [-0.05, 0) is 42.0 Å². The molecule has 1 aliphatic heterocycles. The van der Waals surface area contributed by atoms with Gasteiger partial charge in [0, 0.05) is 51.8 Å². The predicted molar refractivity (Wildman–Crippen MR) is 133 cm³/mol. The van der Waals surface area contributed by atoms with Gasteiger partial charge in [-0.1, -0.05) is 44.2 Å². The van der Waals surface area contributed by atoms with Gasteiger partial charge in [0.1, 0.15) is 11.6 Å². The van der Waals surface area contributed by atoms with Crippen LogP contribution in [-0.4, -0.2) is 65.4 Å². The summed E-state index contributed by atoms with van der Waals surface area (Å²) in [7, 11) is 0. The van der Waals surface area contributed by atoms with E-state index in [1.165, 1.54) is 19.1 Å². The molecule has 0 bridgehead atoms. The van der Waals surface area contributed by atoms with E-state index in [1.807, 2.05) is 30.3 Å². The Kier molecular flexibility index (Phi) is 10.2. The molecule has 0 saturated carbocycles. The van der Waals surface area contributed by atoms with Gasteiger partial charge in [-0.15, -0.1) is 0 Å². The third kappa shape index (κ3) is 8.96. The van der Waals surface area contributed by atoms with Gasteiger partial charge in [-0.3, -0.25) is 4.79 Å². The van der Waals surface area contributed by atoms with Crippen LogP contribution in [0.15, 0.2) is 48.5 Å². The Hall–Kier alpha value is -2.39. The van der Waals surface area contributed by atoms with Gasteiger partial charge in [0.05, 0.1) is 12.1 Å². The average molecular weight is 489 g/mol. The summed E-state index contributed by atoms with van der Waals surface area (Å²) in [5, 5.41) is 22.0. The Morgan fingerprint density at radius 2 is 1.86 bits per heavy atom. The molecule has 0 spiro atoms. The zero-order chi connectivity index (χ0) is 25.4. The molecule has 6 nitrogen and oxygen atoms in total. The largest absolute Gasteiger partial charge is 0.390 e. The Bertz CT molecular complexity index is 924. The highest BCUT2D eigenvalue weighted by atomic mass is 19.1. The third-order valence-corrected chi connectivity index (χ3v) is 6.23. The molecule has 1 saturated heterocycles. The van der Waals surface area contributed by atoms with Gasteiger partial charge in [0.25, 0.3) is 0 Å². The van der Waals surface area contributed by atoms with Crippen molar-refractivity contribution in [2.75, 3.05) is 26.2 Å². The van der Waals surface area contributed by atoms with Gasteiger partial charge in [0.2, 0.25) is 5.91 Å². The molecule has 1 aliphatic rings. The van der Waals surface area contributed by atoms with E-state index in [-0.39, 0.29) is 18.9 Å². The van der Waals surface area contributed by atoms with Crippen molar-refractivity contribution in [1.82, 2.24) is 20.7 Å². The first-order chi connectivity index (χ1) is 16.7. The summed E-state index contributed by atoms with van der Waals surface area (Å²) in [5.74, 6) is -1.10. The van der Waals surface area contributed by atoms with Crippen molar-refractivity contribution >= 4 is 5.91 Å². The summed E-state index contributed by atoms with van der Waals surface area (Å²) in [6.45, 7) is 9.13. The highest BCUT2D eigenvalue weighted by Gasteiger charge is 2.29. The highest BCUT2D eigenvalue weighted by Crippen LogP contribution is 2.17. The second kappa shape index (κ2) is 13.1. The molecule has 1 amide bonds. The number of amides is 1. The molecule has 0 radical (unpaired) electrons. The average Bonchev–Trinajstić information content (AvgIpc) is 2.77. The van der Waals surface area contributed by atoms with Crippen LogP contribution in [0.2, 0.25) is 0 Å². The van der Waals surface area contributed by atoms with Gasteiger partial charge >= 0.3 is 0 Å². The van der Waals surface area contributed by atoms with Crippen molar-refractivity contribution < 1.29 is 18.7 Å². The minimum Gasteiger partial charge on any atom is -0.390 e. The molecule has 192 valence electrons. The second-order valence-corrected chi connectivity index (χ2v) is 9.88. The highest BCUT2D eigenvalue weighted by molar-refractivity contribution is 5.73. The number of hydrogen-bond donors (Lipinski definition) is 3. The van der Waals surface area contributed by atoms with Crippen molar-refractivity contribution in [3.8, 4) is 0 Å². The lowest BCUT2D eigenvalue weighted by atomic mass is 10.00. The smallest absolute Gasteiger partial charge is 0.217 e. The molecule has 0 aliphatic carbocycles. The first kappa shape index (κ1) is 27.2. The number of carbonyl (C=O) groups excluding carboxylic acids is 1. The maximum Gasteiger partial charge on any atom is 0.217 e. The van der Waals surface area contributed by atoms with Crippen LogP contribution < -0.4 is 10.6 Å². The van der Waals surface area contributed by atoms with E-state index in [1.54, 1.807) is 0 Å². The first-order valence-electron chi connectivity index (χ1n) is 12.4. The zero-order valence-electron chi connectivity index (χ0n) is 20.9. The van der Waals surface area contributed by atoms with Gasteiger partial charge in [0.15, 0.2) is 0 Å². The van der Waals surface area contributed by atoms with Gasteiger partial charge in [-0.2, -0.15) is 0 Å². The Labute approximate surface area is 207 Å². The molecule has 0 aromatic heterocycles. The standard InChI is InChI=1S/C27H38F2N4O2/c1-19(2)11-25-17-32(10-9-30-25)33(16-21-7-5-4-6-8-21)18-27(35)26(31-20(3)34)14-22-12-23(28)15-24(29)13-22/h4-8,12-13,15,19,25-27,30,35H,9-11,14,16-18H2,1-3H3,(H,31,34). The van der Waals surface area contributed by atoms with Crippen molar-refractivity contribution in [1.29, 1.82) is 0 Å². The minimum absolute atomic E-state index is 0.117. The second-order valence-electron chi connectivity index (χ2n) is 9.88. The van der Waals surface area contributed by atoms with E-state index in [2.05, 4.69) is 34.5 Å². The number of piperazine rings is 1. The lowest BCUT2D eigenvalue weighted by molar-refractivity contribution is -0.121. The van der Waals surface area contributed by atoms with Crippen LogP contribution in [0.5, 0.6) is 0 Å². The number of nitrogens with one attached hydrogen (secondary N) is 2. The van der Waals surface area contributed by atoms with Crippen LogP contribution in [0, 0.1) is 17.6 Å². The van der Waals surface area contributed by atoms with Crippen LogP contribution in [-0.2, 0) is 17.8 Å². The van der Waals surface area contributed by atoms with Crippen LogP contribution in [0.3, 0.4) is 0 Å². The number of rotatable bonds is 11. The molecule has 2 aromatic rings. The molecule has 3 atom stereocenters. The van der Waals surface area contributed by atoms with E-state index >= 15 is 0 Å². The van der Waals surface area contributed by atoms with E-state index < -0.39 is 23.8 Å². The Morgan fingerprint density at radius 1 is 1.17 bits per heavy atom. The van der Waals surface area contributed by atoms with Crippen molar-refractivity contribution in [3.63, 3.8) is 0 Å². The number of aliphatic hydroxyl groups is 1. The first-order valence-corrected chi connectivity index (χ1v) is 12.4. The Morgan fingerprint density at radius 3 is 2.49 bits per heavy atom. The fourth-order valence-electron chi connectivity index (χ4n) is 4.74. The van der Waals surface area contributed by atoms with Crippen LogP contribution in [0.1, 0.15) is 38.3 Å². The van der Waals surface area contributed by atoms with Gasteiger partial charge < -0.3 is 15.7 Å². The minimum atomic E-state index is -0.952. The zero-order valence-corrected chi connectivity index (χ0v) is 20.9. The van der Waals surface area contributed by atoms with Crippen LogP contribution in [0.25, 0.3) is 0 Å². The molecule has 8 heteroatoms. The molecule has 1 heterocycles. The molecule has 3 rings (SSSR count). The molecular weight excluding hydrogens is 450 g/mol. The van der Waals surface area contributed by atoms with Crippen molar-refractivity contribution in [2.45, 2.75) is 58.3 Å². The van der Waals surface area contributed by atoms with E-state index in [9.17, 15) is 18.7 Å². The van der Waals surface area contributed by atoms with Crippen LogP contribution >= 0.6 is 0 Å². The van der Waals surface area contributed by atoms with Crippen molar-refractivity contribution in [3.05, 3.63) is 71.3 Å². The fraction of sp³-hybridized carbons (Fsp3) is 0.519. The maximum atomic E-state index is 13.8. The normalized spacial score (nSPS) is 18.6. The topological polar surface area (TPSA) is 67.8 Å². The fourth-order valence-corrected chi connectivity index (χ4v) is 4.74. The number of carbonyl (C=O) groups is 1. The lowest BCUT2D eigenvalue weighted by Crippen LogP contribution is -2.59. The van der Waals surface area contributed by atoms with E-state index in [0.29, 0.717) is 24.1 Å². The number of benzene rings is 2. The number of aliphatic hydroxyl groups excluding tert-OH is 1. The SMILES string of the molecule is CC(=O)NC(Cc1cc(F)cc(F)c1)C(O)CN(Cc1ccccc1)N1CCNC(CC(C)C)C1. The van der Waals surface area contributed by atoms with Crippen molar-refractivity contribution in [2.24, 2.45) is 5.92 Å². The van der Waals surface area contributed by atoms with Crippen LogP contribution in [0.4, 0.5) is 8.78 Å². The number of halogens is 2. The summed E-state index contributed by atoms with van der Waals surface area (Å²) >= 11 is 0. The molecule has 3 N–H and O–H groups in total. The van der Waals surface area contributed by atoms with E-state index in [4.69, 9.17) is 0 Å². The maximum absolute atomic E-state index is 13.8. The summed E-state index contributed by atoms with van der Waals surface area (Å²) < 4.78 is 27.5. The molecule has 1 fully saturated rings. The Balaban J connectivity index is 1.79. The monoisotopic (exact) mass is 488 g/mol. The number of hydrogen-bond acceptors (Lipinski definition) is 5. The summed E-state index contributed by atoms with van der Waals surface area (Å²) in [6, 6.07) is 13.0. The molecule has 2 aromatic carbocycles. The summed E-state index contributed by atoms with van der Waals surface area (Å²) in [6.07, 6.45) is 0.219. The number of nitrogens with zero attached hydrogens (tertiary/aromatic N) is 2. The summed E-state index contributed by atoms with van der Waals surface area (Å²) in [5.41, 5.74) is 1.50.